The smallest absolute Gasteiger partial charge is 0.324 e. The number of benzene rings is 1. The standard InChI is InChI=1S/C48H63N9O7.2H2/c1-10-40(58)54-21-18-32(25-54)45(60)53(8)42(29(3)4)44(59)51-38-27-55-26-33(24-50-55)31-16-17-39-35(22-31)36(43(56(39)11-2)34-14-12-19-49-41(34)30(5)63-9)23-48(6,7)28-64-47(62)37-15-13-20-57(52-37)46(38)61;;/h10,12,14,16-17,19,22,24,26,29-30,32,37-38,42,52H,1,11,13,15,18,20-21,23,25,27-28H2,2-9H3,(H,51,59);2*1H/t30-,32-,37-,38-,42-;;/m0../s1. The van der Waals surface area contributed by atoms with Crippen molar-refractivity contribution >= 4 is 40.5 Å². The van der Waals surface area contributed by atoms with Crippen LogP contribution in [0.25, 0.3) is 33.3 Å². The minimum absolute atomic E-state index is 0. The second-order valence-electron chi connectivity index (χ2n) is 18.5. The maximum absolute atomic E-state index is 14.6. The van der Waals surface area contributed by atoms with Crippen LogP contribution in [0.4, 0.5) is 0 Å². The number of fused-ring (bicyclic) bond motifs is 6. The van der Waals surface area contributed by atoms with Crippen LogP contribution in [0.1, 0.15) is 81.0 Å². The number of rotatable bonds is 10. The van der Waals surface area contributed by atoms with Gasteiger partial charge >= 0.3 is 5.97 Å². The second kappa shape index (κ2) is 19.1. The molecule has 4 aromatic rings. The number of amides is 4. The molecule has 346 valence electrons. The summed E-state index contributed by atoms with van der Waals surface area (Å²) in [6.45, 7) is 17.3. The molecular weight excluding hydrogens is 815 g/mol. The second-order valence-corrected chi connectivity index (χ2v) is 18.5. The molecule has 3 aliphatic rings. The van der Waals surface area contributed by atoms with Crippen LogP contribution in [0.2, 0.25) is 0 Å². The SMILES string of the molecule is C=CC(=O)N1CC[C@H](C(=O)N(C)[C@H](C(=O)N[C@H]2Cn3cc(cn3)-c3ccc4c(c3)c(c(-c3cccnc3[C@H](C)OC)n4CC)CC(C)(C)COC(=O)[C@@H]3CCCN(N3)C2=O)C(C)C)C1.[HH].[HH]. The molecule has 16 nitrogen and oxygen atoms in total. The topological polar surface area (TPSA) is 173 Å². The van der Waals surface area contributed by atoms with Gasteiger partial charge in [0.15, 0.2) is 0 Å². The van der Waals surface area contributed by atoms with Crippen LogP contribution in [0, 0.1) is 17.3 Å². The van der Waals surface area contributed by atoms with Crippen LogP contribution in [-0.2, 0) is 53.0 Å². The van der Waals surface area contributed by atoms with Gasteiger partial charge in [-0.15, -0.1) is 0 Å². The molecule has 0 aliphatic carbocycles. The molecular formula is C48H67N9O7. The zero-order valence-corrected chi connectivity index (χ0v) is 38.4. The van der Waals surface area contributed by atoms with E-state index in [1.54, 1.807) is 36.1 Å². The maximum Gasteiger partial charge on any atom is 0.324 e. The quantitative estimate of drug-likeness (QED) is 0.155. The van der Waals surface area contributed by atoms with E-state index in [0.29, 0.717) is 45.3 Å². The first-order chi connectivity index (χ1) is 30.5. The highest BCUT2D eigenvalue weighted by atomic mass is 16.5. The van der Waals surface area contributed by atoms with E-state index in [1.807, 2.05) is 33.0 Å². The first-order valence-corrected chi connectivity index (χ1v) is 22.4. The summed E-state index contributed by atoms with van der Waals surface area (Å²) in [4.78, 5) is 76.8. The summed E-state index contributed by atoms with van der Waals surface area (Å²) in [5.41, 5.74) is 9.32. The molecule has 0 unspecified atom stereocenters. The van der Waals surface area contributed by atoms with Crippen molar-refractivity contribution in [1.82, 2.24) is 44.9 Å². The van der Waals surface area contributed by atoms with Crippen LogP contribution in [-0.4, -0.2) is 122 Å². The fourth-order valence-electron chi connectivity index (χ4n) is 9.56. The molecule has 2 fully saturated rings. The summed E-state index contributed by atoms with van der Waals surface area (Å²) in [7, 11) is 3.27. The Morgan fingerprint density at radius 2 is 1.91 bits per heavy atom. The summed E-state index contributed by atoms with van der Waals surface area (Å²) in [5.74, 6) is -2.71. The number of methoxy groups -OCH3 is 1. The molecule has 2 N–H and O–H groups in total. The van der Waals surface area contributed by atoms with Gasteiger partial charge in [0.1, 0.15) is 18.1 Å². The molecule has 16 heteroatoms. The highest BCUT2D eigenvalue weighted by molar-refractivity contribution is 5.96. The van der Waals surface area contributed by atoms with Crippen LogP contribution in [0.15, 0.2) is 61.6 Å². The van der Waals surface area contributed by atoms with Gasteiger partial charge in [0.2, 0.25) is 17.7 Å². The van der Waals surface area contributed by atoms with Crippen LogP contribution in [0.5, 0.6) is 0 Å². The Balaban J connectivity index is 0.00000408. The number of nitrogens with one attached hydrogen (secondary N) is 2. The molecule has 0 radical (unpaired) electrons. The number of pyridine rings is 1. The van der Waals surface area contributed by atoms with Crippen molar-refractivity contribution < 1.29 is 36.3 Å². The van der Waals surface area contributed by atoms with Gasteiger partial charge in [-0.25, -0.2) is 5.43 Å². The number of aryl methyl sites for hydroxylation is 1. The van der Waals surface area contributed by atoms with E-state index >= 15 is 0 Å². The predicted octanol–water partition coefficient (Wildman–Crippen LogP) is 5.41. The molecule has 6 bridgehead atoms. The van der Waals surface area contributed by atoms with Gasteiger partial charge in [-0.05, 0) is 86.9 Å². The number of likely N-dealkylation sites (N-methyl/N-ethyl adjacent to an activating group) is 1. The molecule has 0 spiro atoms. The normalized spacial score (nSPS) is 21.3. The van der Waals surface area contributed by atoms with Gasteiger partial charge in [-0.1, -0.05) is 40.3 Å². The van der Waals surface area contributed by atoms with Crippen molar-refractivity contribution in [3.8, 4) is 22.4 Å². The number of hydrazine groups is 1. The lowest BCUT2D eigenvalue weighted by molar-refractivity contribution is -0.155. The van der Waals surface area contributed by atoms with Crippen LogP contribution in [0.3, 0.4) is 0 Å². The Morgan fingerprint density at radius 1 is 1.12 bits per heavy atom. The number of nitrogens with zero attached hydrogens (tertiary/aromatic N) is 7. The van der Waals surface area contributed by atoms with E-state index in [9.17, 15) is 24.0 Å². The molecule has 1 aromatic carbocycles. The number of aromatic nitrogens is 4. The maximum atomic E-state index is 14.6. The third kappa shape index (κ3) is 9.34. The Kier molecular flexibility index (Phi) is 13.8. The zero-order valence-electron chi connectivity index (χ0n) is 38.4. The first kappa shape index (κ1) is 46.1. The molecule has 3 aromatic heterocycles. The summed E-state index contributed by atoms with van der Waals surface area (Å²) in [6.07, 6.45) is 8.42. The van der Waals surface area contributed by atoms with Gasteiger partial charge in [-0.2, -0.15) is 5.10 Å². The molecule has 7 rings (SSSR count). The van der Waals surface area contributed by atoms with Crippen molar-refractivity contribution in [3.05, 3.63) is 72.8 Å². The number of ether oxygens (including phenoxy) is 2. The highest BCUT2D eigenvalue weighted by Crippen LogP contribution is 2.42. The van der Waals surface area contributed by atoms with E-state index in [2.05, 4.69) is 66.9 Å². The Labute approximate surface area is 378 Å². The number of hydrogen-bond donors (Lipinski definition) is 2. The van der Waals surface area contributed by atoms with Gasteiger partial charge in [0, 0.05) is 83.0 Å². The molecule has 4 amide bonds. The lowest BCUT2D eigenvalue weighted by atomic mass is 9.84. The van der Waals surface area contributed by atoms with Crippen molar-refractivity contribution in [2.45, 2.75) is 105 Å². The van der Waals surface area contributed by atoms with E-state index in [1.165, 1.54) is 16.0 Å². The average molecular weight is 882 g/mol. The molecule has 6 heterocycles. The number of hydrogen-bond acceptors (Lipinski definition) is 10. The Hall–Kier alpha value is -5.87. The predicted molar refractivity (Wildman–Crippen MR) is 246 cm³/mol. The number of cyclic esters (lactones) is 1. The van der Waals surface area contributed by atoms with Crippen LogP contribution < -0.4 is 10.7 Å². The fourth-order valence-corrected chi connectivity index (χ4v) is 9.56. The van der Waals surface area contributed by atoms with Crippen LogP contribution >= 0.6 is 0 Å². The number of carbonyl (C=O) groups excluding carboxylic acids is 5. The van der Waals surface area contributed by atoms with Gasteiger partial charge in [0.25, 0.3) is 5.91 Å². The lowest BCUT2D eigenvalue weighted by Gasteiger charge is -2.37. The lowest BCUT2D eigenvalue weighted by Crippen LogP contribution is -2.62. The number of carbonyl (C=O) groups is 5. The molecule has 64 heavy (non-hydrogen) atoms. The summed E-state index contributed by atoms with van der Waals surface area (Å²) in [5, 5.41) is 10.1. The Morgan fingerprint density at radius 3 is 2.62 bits per heavy atom. The van der Waals surface area contributed by atoms with Gasteiger partial charge < -0.3 is 29.2 Å². The highest BCUT2D eigenvalue weighted by Gasteiger charge is 2.40. The van der Waals surface area contributed by atoms with E-state index in [4.69, 9.17) is 19.6 Å². The summed E-state index contributed by atoms with van der Waals surface area (Å²) >= 11 is 0. The van der Waals surface area contributed by atoms with Gasteiger partial charge in [0.05, 0.1) is 42.8 Å². The van der Waals surface area contributed by atoms with Crippen molar-refractivity contribution in [2.75, 3.05) is 40.4 Å². The molecule has 0 saturated carbocycles. The average Bonchev–Trinajstić information content (AvgIpc) is 4.05. The third-order valence-electron chi connectivity index (χ3n) is 13.0. The van der Waals surface area contributed by atoms with Crippen molar-refractivity contribution in [2.24, 2.45) is 17.3 Å². The first-order valence-electron chi connectivity index (χ1n) is 22.4. The monoisotopic (exact) mass is 882 g/mol. The van der Waals surface area contributed by atoms with E-state index in [-0.39, 0.29) is 46.4 Å². The van der Waals surface area contributed by atoms with Crippen molar-refractivity contribution in [3.63, 3.8) is 0 Å². The Bertz CT molecular complexity index is 2430. The largest absolute Gasteiger partial charge is 0.464 e. The fraction of sp³-hybridized carbons (Fsp3) is 0.521. The van der Waals surface area contributed by atoms with E-state index in [0.717, 1.165) is 44.5 Å². The third-order valence-corrected chi connectivity index (χ3v) is 13.0. The summed E-state index contributed by atoms with van der Waals surface area (Å²) in [6, 6.07) is 7.55. The summed E-state index contributed by atoms with van der Waals surface area (Å²) < 4.78 is 15.8. The number of likely N-dealkylation sites (tertiary alicyclic amines) is 1. The molecule has 5 atom stereocenters. The minimum Gasteiger partial charge on any atom is -0.464 e. The van der Waals surface area contributed by atoms with Crippen molar-refractivity contribution in [1.29, 1.82) is 0 Å². The number of esters is 1. The zero-order chi connectivity index (χ0) is 46.0. The van der Waals surface area contributed by atoms with E-state index < -0.39 is 47.2 Å². The van der Waals surface area contributed by atoms with Gasteiger partial charge in [-0.3, -0.25) is 38.6 Å². The molecule has 3 aliphatic heterocycles. The minimum atomic E-state index is -1.13. The molecule has 2 saturated heterocycles.